The van der Waals surface area contributed by atoms with Crippen LogP contribution in [0.3, 0.4) is 0 Å². The highest BCUT2D eigenvalue weighted by Crippen LogP contribution is 2.30. The number of nitrogens with two attached hydrogens (primary N) is 1. The number of carboxylic acid groups (broad SMARTS) is 3. The van der Waals surface area contributed by atoms with Gasteiger partial charge in [0.2, 0.25) is 0 Å². The molecule has 0 radical (unpaired) electrons. The van der Waals surface area contributed by atoms with Crippen LogP contribution in [0.15, 0.2) is 36.4 Å². The van der Waals surface area contributed by atoms with Gasteiger partial charge in [0.05, 0.1) is 11.1 Å². The van der Waals surface area contributed by atoms with Gasteiger partial charge in [0.1, 0.15) is 6.04 Å². The van der Waals surface area contributed by atoms with Crippen molar-refractivity contribution in [1.29, 1.82) is 0 Å². The minimum absolute atomic E-state index is 0. The van der Waals surface area contributed by atoms with Crippen molar-refractivity contribution >= 4 is 30.3 Å². The average molecular weight is 394 g/mol. The van der Waals surface area contributed by atoms with Crippen LogP contribution in [0.2, 0.25) is 0 Å². The molecule has 1 unspecified atom stereocenters. The molecule has 0 aliphatic heterocycles. The predicted molar refractivity (Wildman–Crippen MR) is 102 cm³/mol. The lowest BCUT2D eigenvalue weighted by molar-refractivity contribution is -0.138. The Morgan fingerprint density at radius 1 is 1.04 bits per heavy atom. The third-order valence-electron chi connectivity index (χ3n) is 4.09. The molecule has 0 spiro atoms. The molecule has 7 nitrogen and oxygen atoms in total. The highest BCUT2D eigenvalue weighted by molar-refractivity contribution is 5.98. The number of hydrogen-bond acceptors (Lipinski definition) is 4. The summed E-state index contributed by atoms with van der Waals surface area (Å²) in [5, 5.41) is 27.7. The Kier molecular flexibility index (Phi) is 7.51. The Balaban J connectivity index is 0.00000364. The van der Waals surface area contributed by atoms with Gasteiger partial charge in [-0.3, -0.25) is 4.79 Å². The van der Waals surface area contributed by atoms with Crippen molar-refractivity contribution < 1.29 is 29.7 Å². The molecule has 2 rings (SSSR count). The van der Waals surface area contributed by atoms with Gasteiger partial charge in [-0.2, -0.15) is 0 Å². The molecule has 2 aromatic carbocycles. The molecule has 0 aliphatic carbocycles. The van der Waals surface area contributed by atoms with Gasteiger partial charge in [0, 0.05) is 0 Å². The molecule has 1 atom stereocenters. The Labute approximate surface area is 161 Å². The second kappa shape index (κ2) is 9.16. The smallest absolute Gasteiger partial charge is 0.336 e. The molecule has 0 heterocycles. The molecule has 8 heteroatoms. The average Bonchev–Trinajstić information content (AvgIpc) is 2.60. The van der Waals surface area contributed by atoms with Crippen LogP contribution in [0.25, 0.3) is 11.1 Å². The van der Waals surface area contributed by atoms with Crippen molar-refractivity contribution in [1.82, 2.24) is 0 Å². The number of aliphatic carboxylic acids is 1. The fraction of sp³-hybridized carbons (Fsp3) is 0.211. The van der Waals surface area contributed by atoms with Crippen molar-refractivity contribution in [2.45, 2.75) is 25.8 Å². The van der Waals surface area contributed by atoms with E-state index < -0.39 is 23.9 Å². The summed E-state index contributed by atoms with van der Waals surface area (Å²) in [6.07, 6.45) is 0.505. The lowest BCUT2D eigenvalue weighted by Crippen LogP contribution is -2.32. The van der Waals surface area contributed by atoms with E-state index in [0.717, 1.165) is 6.07 Å². The molecule has 2 aromatic rings. The first kappa shape index (κ1) is 22.1. The van der Waals surface area contributed by atoms with Crippen LogP contribution in [-0.2, 0) is 17.6 Å². The molecule has 27 heavy (non-hydrogen) atoms. The topological polar surface area (TPSA) is 138 Å². The third kappa shape index (κ3) is 5.06. The number of aromatic carboxylic acids is 2. The fourth-order valence-corrected chi connectivity index (χ4v) is 2.83. The SMILES string of the molecule is CCc1c(C(=O)O)cc(C(=O)O)cc1-c1cccc(CC(N)C(=O)O)c1.Cl. The molecule has 144 valence electrons. The van der Waals surface area contributed by atoms with E-state index in [1.807, 2.05) is 0 Å². The van der Waals surface area contributed by atoms with E-state index in [4.69, 9.17) is 10.8 Å². The minimum atomic E-state index is -1.22. The maximum atomic E-state index is 11.6. The van der Waals surface area contributed by atoms with E-state index in [-0.39, 0.29) is 30.0 Å². The monoisotopic (exact) mass is 393 g/mol. The summed E-state index contributed by atoms with van der Waals surface area (Å²) in [5.74, 6) is -3.54. The third-order valence-corrected chi connectivity index (χ3v) is 4.09. The van der Waals surface area contributed by atoms with Crippen molar-refractivity contribution in [2.75, 3.05) is 0 Å². The van der Waals surface area contributed by atoms with E-state index in [0.29, 0.717) is 28.7 Å². The number of halogens is 1. The van der Waals surface area contributed by atoms with Gasteiger partial charge in [-0.1, -0.05) is 31.2 Å². The summed E-state index contributed by atoms with van der Waals surface area (Å²) < 4.78 is 0. The molecule has 0 saturated carbocycles. The maximum Gasteiger partial charge on any atom is 0.336 e. The second-order valence-corrected chi connectivity index (χ2v) is 5.86. The standard InChI is InChI=1S/C19H19NO6.ClH/c1-2-13-14(8-12(17(21)22)9-15(13)18(23)24)11-5-3-4-10(6-11)7-16(20)19(25)26;/h3-6,8-9,16H,2,7,20H2,1H3,(H,21,22)(H,23,24)(H,25,26);1H. The summed E-state index contributed by atoms with van der Waals surface area (Å²) in [6.45, 7) is 1.79. The molecule has 0 fully saturated rings. The fourth-order valence-electron chi connectivity index (χ4n) is 2.83. The molecular formula is C19H20ClNO6. The molecule has 0 amide bonds. The quantitative estimate of drug-likeness (QED) is 0.567. The number of benzene rings is 2. The van der Waals surface area contributed by atoms with Crippen molar-refractivity contribution in [3.8, 4) is 11.1 Å². The van der Waals surface area contributed by atoms with Gasteiger partial charge in [-0.05, 0) is 47.2 Å². The number of rotatable bonds is 7. The van der Waals surface area contributed by atoms with Gasteiger partial charge in [0.15, 0.2) is 0 Å². The minimum Gasteiger partial charge on any atom is -0.480 e. The van der Waals surface area contributed by atoms with Gasteiger partial charge < -0.3 is 21.1 Å². The number of hydrogen-bond donors (Lipinski definition) is 4. The molecule has 0 bridgehead atoms. The zero-order valence-electron chi connectivity index (χ0n) is 14.5. The molecule has 0 aromatic heterocycles. The Bertz CT molecular complexity index is 880. The van der Waals surface area contributed by atoms with E-state index in [9.17, 15) is 24.6 Å². The summed E-state index contributed by atoms with van der Waals surface area (Å²) in [7, 11) is 0. The summed E-state index contributed by atoms with van der Waals surface area (Å²) in [6, 6.07) is 8.37. The van der Waals surface area contributed by atoms with Gasteiger partial charge in [0.25, 0.3) is 0 Å². The van der Waals surface area contributed by atoms with Crippen molar-refractivity contribution in [3.05, 3.63) is 58.7 Å². The van der Waals surface area contributed by atoms with E-state index in [1.165, 1.54) is 6.07 Å². The molecular weight excluding hydrogens is 374 g/mol. The number of carbonyl (C=O) groups is 3. The normalized spacial score (nSPS) is 11.3. The van der Waals surface area contributed by atoms with Crippen LogP contribution in [0.5, 0.6) is 0 Å². The first-order chi connectivity index (χ1) is 12.2. The lowest BCUT2D eigenvalue weighted by Gasteiger charge is -2.14. The Morgan fingerprint density at radius 3 is 2.22 bits per heavy atom. The van der Waals surface area contributed by atoms with Crippen LogP contribution in [0.1, 0.15) is 38.8 Å². The zero-order chi connectivity index (χ0) is 19.4. The Morgan fingerprint density at radius 2 is 1.70 bits per heavy atom. The Hall–Kier alpha value is -2.90. The first-order valence-electron chi connectivity index (χ1n) is 7.95. The predicted octanol–water partition coefficient (Wildman–Crippen LogP) is 2.69. The molecule has 5 N–H and O–H groups in total. The van der Waals surface area contributed by atoms with Crippen LogP contribution in [-0.4, -0.2) is 39.3 Å². The second-order valence-electron chi connectivity index (χ2n) is 5.86. The van der Waals surface area contributed by atoms with E-state index in [1.54, 1.807) is 31.2 Å². The summed E-state index contributed by atoms with van der Waals surface area (Å²) >= 11 is 0. The van der Waals surface area contributed by atoms with Crippen LogP contribution >= 0.6 is 12.4 Å². The van der Waals surface area contributed by atoms with Gasteiger partial charge in [-0.25, -0.2) is 9.59 Å². The summed E-state index contributed by atoms with van der Waals surface area (Å²) in [5.41, 5.74) is 7.67. The van der Waals surface area contributed by atoms with Crippen LogP contribution in [0, 0.1) is 0 Å². The first-order valence-corrected chi connectivity index (χ1v) is 7.95. The maximum absolute atomic E-state index is 11.6. The zero-order valence-corrected chi connectivity index (χ0v) is 15.3. The van der Waals surface area contributed by atoms with E-state index >= 15 is 0 Å². The lowest BCUT2D eigenvalue weighted by atomic mass is 9.90. The highest BCUT2D eigenvalue weighted by Gasteiger charge is 2.19. The van der Waals surface area contributed by atoms with Crippen LogP contribution in [0.4, 0.5) is 0 Å². The van der Waals surface area contributed by atoms with Gasteiger partial charge >= 0.3 is 17.9 Å². The van der Waals surface area contributed by atoms with Crippen molar-refractivity contribution in [2.24, 2.45) is 5.73 Å². The van der Waals surface area contributed by atoms with Crippen molar-refractivity contribution in [3.63, 3.8) is 0 Å². The summed E-state index contributed by atoms with van der Waals surface area (Å²) in [4.78, 5) is 33.9. The largest absolute Gasteiger partial charge is 0.480 e. The molecule has 0 saturated heterocycles. The van der Waals surface area contributed by atoms with Gasteiger partial charge in [-0.15, -0.1) is 12.4 Å². The molecule has 0 aliphatic rings. The highest BCUT2D eigenvalue weighted by atomic mass is 35.5. The number of carboxylic acids is 3. The van der Waals surface area contributed by atoms with Crippen LogP contribution < -0.4 is 5.73 Å². The van der Waals surface area contributed by atoms with E-state index in [2.05, 4.69) is 0 Å².